The van der Waals surface area contributed by atoms with E-state index < -0.39 is 0 Å². The van der Waals surface area contributed by atoms with Gasteiger partial charge in [0.15, 0.2) is 0 Å². The molecule has 3 nitrogen and oxygen atoms in total. The average Bonchev–Trinajstić information content (AvgIpc) is 2.17. The maximum absolute atomic E-state index is 10.9. The fourth-order valence-electron chi connectivity index (χ4n) is 1.07. The van der Waals surface area contributed by atoms with E-state index in [0.717, 1.165) is 5.69 Å². The van der Waals surface area contributed by atoms with Crippen LogP contribution < -0.4 is 5.32 Å². The van der Waals surface area contributed by atoms with E-state index >= 15 is 0 Å². The van der Waals surface area contributed by atoms with Crippen molar-refractivity contribution in [3.8, 4) is 0 Å². The summed E-state index contributed by atoms with van der Waals surface area (Å²) in [5, 5.41) is 3.67. The van der Waals surface area contributed by atoms with E-state index in [1.165, 1.54) is 13.2 Å². The fourth-order valence-corrected chi connectivity index (χ4v) is 1.26. The maximum Gasteiger partial charge on any atom is 0.332 e. The Morgan fingerprint density at radius 2 is 2.27 bits per heavy atom. The number of benzene rings is 1. The number of halogens is 1. The summed E-state index contributed by atoms with van der Waals surface area (Å²) in [6, 6.07) is 7.25. The molecule has 15 heavy (non-hydrogen) atoms. The van der Waals surface area contributed by atoms with E-state index in [2.05, 4.69) is 10.1 Å². The highest BCUT2D eigenvalue weighted by Gasteiger charge is 1.97. The number of rotatable bonds is 3. The number of carbonyl (C=O) groups is 1. The molecule has 0 aliphatic rings. The molecule has 0 aliphatic carbocycles. The molecule has 0 aromatic heterocycles. The van der Waals surface area contributed by atoms with E-state index in [1.54, 1.807) is 19.1 Å². The van der Waals surface area contributed by atoms with Crippen molar-refractivity contribution < 1.29 is 9.53 Å². The minimum Gasteiger partial charge on any atom is -0.466 e. The van der Waals surface area contributed by atoms with Gasteiger partial charge in [0.2, 0.25) is 0 Å². The van der Waals surface area contributed by atoms with E-state index in [9.17, 15) is 4.79 Å². The molecule has 0 saturated carbocycles. The normalized spacial score (nSPS) is 11.0. The summed E-state index contributed by atoms with van der Waals surface area (Å²) in [4.78, 5) is 10.9. The Balaban J connectivity index is 2.70. The molecule has 0 aliphatic heterocycles. The number of allylic oxidation sites excluding steroid dienone is 1. The van der Waals surface area contributed by atoms with E-state index in [-0.39, 0.29) is 5.97 Å². The zero-order valence-corrected chi connectivity index (χ0v) is 9.34. The number of anilines is 1. The van der Waals surface area contributed by atoms with Gasteiger partial charge in [-0.05, 0) is 25.1 Å². The SMILES string of the molecule is COC(=O)/C=C(/C)Nc1cccc(Cl)c1. The first-order valence-electron chi connectivity index (χ1n) is 4.40. The van der Waals surface area contributed by atoms with Crippen LogP contribution in [-0.4, -0.2) is 13.1 Å². The molecule has 0 fully saturated rings. The third-order valence-corrected chi connectivity index (χ3v) is 1.94. The zero-order chi connectivity index (χ0) is 11.3. The van der Waals surface area contributed by atoms with Gasteiger partial charge in [-0.25, -0.2) is 4.79 Å². The quantitative estimate of drug-likeness (QED) is 0.635. The van der Waals surface area contributed by atoms with Crippen LogP contribution in [0.4, 0.5) is 5.69 Å². The van der Waals surface area contributed by atoms with Gasteiger partial charge in [0.05, 0.1) is 7.11 Å². The lowest BCUT2D eigenvalue weighted by atomic mass is 10.3. The predicted molar refractivity (Wildman–Crippen MR) is 60.8 cm³/mol. The number of carbonyl (C=O) groups excluding carboxylic acids is 1. The van der Waals surface area contributed by atoms with Crippen LogP contribution >= 0.6 is 11.6 Å². The number of ether oxygens (including phenoxy) is 1. The summed E-state index contributed by atoms with van der Waals surface area (Å²) in [6.07, 6.45) is 1.38. The van der Waals surface area contributed by atoms with Gasteiger partial charge >= 0.3 is 5.97 Å². The number of methoxy groups -OCH3 is 1. The molecule has 1 N–H and O–H groups in total. The highest BCUT2D eigenvalue weighted by molar-refractivity contribution is 6.30. The average molecular weight is 226 g/mol. The van der Waals surface area contributed by atoms with Crippen molar-refractivity contribution >= 4 is 23.3 Å². The van der Waals surface area contributed by atoms with Gasteiger partial charge in [-0.2, -0.15) is 0 Å². The van der Waals surface area contributed by atoms with Gasteiger partial charge in [0.1, 0.15) is 0 Å². The number of hydrogen-bond donors (Lipinski definition) is 1. The second-order valence-electron chi connectivity index (χ2n) is 2.99. The smallest absolute Gasteiger partial charge is 0.332 e. The summed E-state index contributed by atoms with van der Waals surface area (Å²) in [7, 11) is 1.34. The topological polar surface area (TPSA) is 38.3 Å². The summed E-state index contributed by atoms with van der Waals surface area (Å²) >= 11 is 5.81. The summed E-state index contributed by atoms with van der Waals surface area (Å²) in [5.74, 6) is -0.387. The van der Waals surface area contributed by atoms with Gasteiger partial charge in [0, 0.05) is 22.5 Å². The standard InChI is InChI=1S/C11H12ClNO2/c1-8(6-11(14)15-2)13-10-5-3-4-9(12)7-10/h3-7,13H,1-2H3/b8-6-. The van der Waals surface area contributed by atoms with Crippen LogP contribution in [0.2, 0.25) is 5.02 Å². The van der Waals surface area contributed by atoms with Gasteiger partial charge in [0.25, 0.3) is 0 Å². The van der Waals surface area contributed by atoms with Crippen LogP contribution in [0, 0.1) is 0 Å². The molecule has 1 rings (SSSR count). The highest BCUT2D eigenvalue weighted by atomic mass is 35.5. The first-order valence-corrected chi connectivity index (χ1v) is 4.78. The predicted octanol–water partition coefficient (Wildman–Crippen LogP) is 2.83. The lowest BCUT2D eigenvalue weighted by Gasteiger charge is -2.06. The van der Waals surface area contributed by atoms with Crippen LogP contribution in [-0.2, 0) is 9.53 Å². The molecule has 0 radical (unpaired) electrons. The lowest BCUT2D eigenvalue weighted by molar-refractivity contribution is -0.134. The van der Waals surface area contributed by atoms with Crippen LogP contribution in [0.25, 0.3) is 0 Å². The molecule has 0 atom stereocenters. The lowest BCUT2D eigenvalue weighted by Crippen LogP contribution is -2.01. The second-order valence-corrected chi connectivity index (χ2v) is 3.42. The minimum absolute atomic E-state index is 0.387. The molecule has 0 heterocycles. The number of esters is 1. The van der Waals surface area contributed by atoms with Gasteiger partial charge in [-0.1, -0.05) is 17.7 Å². The molecular formula is C11H12ClNO2. The van der Waals surface area contributed by atoms with Crippen LogP contribution in [0.1, 0.15) is 6.92 Å². The van der Waals surface area contributed by atoms with Gasteiger partial charge < -0.3 is 10.1 Å². The van der Waals surface area contributed by atoms with Crippen molar-refractivity contribution in [2.45, 2.75) is 6.92 Å². The molecule has 0 saturated heterocycles. The molecule has 1 aromatic rings. The monoisotopic (exact) mass is 225 g/mol. The van der Waals surface area contributed by atoms with Crippen molar-refractivity contribution in [3.63, 3.8) is 0 Å². The Labute approximate surface area is 93.7 Å². The van der Waals surface area contributed by atoms with Crippen LogP contribution in [0.15, 0.2) is 36.0 Å². The Kier molecular flexibility index (Phi) is 4.18. The molecule has 0 bridgehead atoms. The molecule has 0 amide bonds. The van der Waals surface area contributed by atoms with Gasteiger partial charge in [-0.3, -0.25) is 0 Å². The van der Waals surface area contributed by atoms with E-state index in [1.807, 2.05) is 12.1 Å². The van der Waals surface area contributed by atoms with Crippen molar-refractivity contribution in [1.29, 1.82) is 0 Å². The summed E-state index contributed by atoms with van der Waals surface area (Å²) in [6.45, 7) is 1.78. The first-order chi connectivity index (χ1) is 7.11. The van der Waals surface area contributed by atoms with Crippen molar-refractivity contribution in [2.24, 2.45) is 0 Å². The maximum atomic E-state index is 10.9. The first kappa shape index (κ1) is 11.6. The number of nitrogens with one attached hydrogen (secondary N) is 1. The third-order valence-electron chi connectivity index (χ3n) is 1.70. The molecule has 80 valence electrons. The van der Waals surface area contributed by atoms with Crippen molar-refractivity contribution in [2.75, 3.05) is 12.4 Å². The highest BCUT2D eigenvalue weighted by Crippen LogP contribution is 2.16. The van der Waals surface area contributed by atoms with Crippen molar-refractivity contribution in [3.05, 3.63) is 41.1 Å². The van der Waals surface area contributed by atoms with Crippen LogP contribution in [0.5, 0.6) is 0 Å². The Bertz CT molecular complexity index is 388. The molecule has 4 heteroatoms. The molecule has 1 aromatic carbocycles. The van der Waals surface area contributed by atoms with Gasteiger partial charge in [-0.15, -0.1) is 0 Å². The van der Waals surface area contributed by atoms with E-state index in [4.69, 9.17) is 11.6 Å². The molecular weight excluding hydrogens is 214 g/mol. The molecule has 0 spiro atoms. The Morgan fingerprint density at radius 1 is 1.53 bits per heavy atom. The fraction of sp³-hybridized carbons (Fsp3) is 0.182. The Hall–Kier alpha value is -1.48. The molecule has 0 unspecified atom stereocenters. The van der Waals surface area contributed by atoms with E-state index in [0.29, 0.717) is 10.7 Å². The third kappa shape index (κ3) is 4.04. The number of hydrogen-bond acceptors (Lipinski definition) is 3. The second kappa shape index (κ2) is 5.41. The minimum atomic E-state index is -0.387. The van der Waals surface area contributed by atoms with Crippen molar-refractivity contribution in [1.82, 2.24) is 0 Å². The summed E-state index contributed by atoms with van der Waals surface area (Å²) < 4.78 is 4.50. The zero-order valence-electron chi connectivity index (χ0n) is 8.58. The summed E-state index contributed by atoms with van der Waals surface area (Å²) in [5.41, 5.74) is 1.53. The largest absolute Gasteiger partial charge is 0.466 e. The Morgan fingerprint density at radius 3 is 2.87 bits per heavy atom. The van der Waals surface area contributed by atoms with Crippen LogP contribution in [0.3, 0.4) is 0 Å².